The summed E-state index contributed by atoms with van der Waals surface area (Å²) < 4.78 is 72.1. The zero-order chi connectivity index (χ0) is 34.3. The smallest absolute Gasteiger partial charge is 0.255 e. The number of halogens is 3. The Labute approximate surface area is 284 Å². The van der Waals surface area contributed by atoms with Crippen LogP contribution < -0.4 is 10.0 Å². The van der Waals surface area contributed by atoms with Crippen LogP contribution >= 0.6 is 15.9 Å². The fourth-order valence-electron chi connectivity index (χ4n) is 5.43. The molecule has 1 fully saturated rings. The van der Waals surface area contributed by atoms with E-state index in [0.29, 0.717) is 44.2 Å². The van der Waals surface area contributed by atoms with Crippen LogP contribution in [0.5, 0.6) is 0 Å². The molecule has 0 bridgehead atoms. The summed E-state index contributed by atoms with van der Waals surface area (Å²) in [6.45, 7) is 10.5. The molecule has 1 aliphatic carbocycles. The molecule has 2 N–H and O–H groups in total. The van der Waals surface area contributed by atoms with Crippen LogP contribution in [0.1, 0.15) is 80.0 Å². The highest BCUT2D eigenvalue weighted by Gasteiger charge is 2.40. The minimum atomic E-state index is -3.85. The number of fused-ring (bicyclic) bond motifs is 1. The van der Waals surface area contributed by atoms with Gasteiger partial charge in [-0.15, -0.1) is 0 Å². The lowest BCUT2D eigenvalue weighted by Crippen LogP contribution is -2.42. The van der Waals surface area contributed by atoms with Gasteiger partial charge in [0.2, 0.25) is 10.0 Å². The van der Waals surface area contributed by atoms with Crippen molar-refractivity contribution in [1.29, 1.82) is 0 Å². The van der Waals surface area contributed by atoms with E-state index in [-0.39, 0.29) is 34.8 Å². The van der Waals surface area contributed by atoms with Crippen LogP contribution in [0.15, 0.2) is 63.5 Å². The van der Waals surface area contributed by atoms with Gasteiger partial charge in [0.25, 0.3) is 5.91 Å². The lowest BCUT2D eigenvalue weighted by atomic mass is 10.0. The number of hydrogen-bond acceptors (Lipinski definition) is 5. The number of carbonyl (C=O) groups is 1. The van der Waals surface area contributed by atoms with Crippen LogP contribution in [0.2, 0.25) is 18.1 Å². The molecule has 7 nitrogen and oxygen atoms in total. The number of anilines is 1. The molecule has 1 saturated carbocycles. The molecule has 252 valence electrons. The summed E-state index contributed by atoms with van der Waals surface area (Å²) in [5.41, 5.74) is 2.73. The van der Waals surface area contributed by atoms with Crippen molar-refractivity contribution in [2.75, 3.05) is 17.5 Å². The molecule has 4 aromatic rings. The topological polar surface area (TPSA) is 97.6 Å². The van der Waals surface area contributed by atoms with Gasteiger partial charge in [0.1, 0.15) is 23.0 Å². The van der Waals surface area contributed by atoms with E-state index in [9.17, 15) is 17.6 Å². The third kappa shape index (κ3) is 7.82. The molecule has 0 saturated heterocycles. The van der Waals surface area contributed by atoms with Gasteiger partial charge in [-0.25, -0.2) is 17.2 Å². The van der Waals surface area contributed by atoms with Gasteiger partial charge in [-0.1, -0.05) is 42.8 Å². The lowest BCUT2D eigenvalue weighted by Gasteiger charge is -2.39. The number of sulfonamides is 1. The van der Waals surface area contributed by atoms with Crippen LogP contribution in [0, 0.1) is 11.6 Å². The predicted octanol–water partition coefficient (Wildman–Crippen LogP) is 9.66. The van der Waals surface area contributed by atoms with Crippen LogP contribution in [-0.2, 0) is 14.4 Å². The molecule has 12 heteroatoms. The van der Waals surface area contributed by atoms with Gasteiger partial charge < -0.3 is 14.2 Å². The van der Waals surface area contributed by atoms with Gasteiger partial charge in [0.05, 0.1) is 23.1 Å². The predicted molar refractivity (Wildman–Crippen MR) is 189 cm³/mol. The first-order valence-corrected chi connectivity index (χ1v) is 21.1. The number of furan rings is 1. The maximum absolute atomic E-state index is 15.1. The van der Waals surface area contributed by atoms with E-state index in [1.165, 1.54) is 37.4 Å². The third-order valence-electron chi connectivity index (χ3n) is 9.15. The second-order valence-electron chi connectivity index (χ2n) is 13.7. The highest BCUT2D eigenvalue weighted by Crippen LogP contribution is 2.47. The van der Waals surface area contributed by atoms with Gasteiger partial charge in [0.15, 0.2) is 8.32 Å². The molecule has 47 heavy (non-hydrogen) atoms. The van der Waals surface area contributed by atoms with Crippen molar-refractivity contribution in [3.05, 3.63) is 87.4 Å². The van der Waals surface area contributed by atoms with E-state index in [0.717, 1.165) is 18.4 Å². The van der Waals surface area contributed by atoms with Crippen LogP contribution in [-0.4, -0.2) is 35.4 Å². The Kier molecular flexibility index (Phi) is 10.1. The summed E-state index contributed by atoms with van der Waals surface area (Å²) >= 11 is 3.48. The van der Waals surface area contributed by atoms with Gasteiger partial charge in [-0.05, 0) is 97.8 Å². The molecule has 1 unspecified atom stereocenters. The summed E-state index contributed by atoms with van der Waals surface area (Å²) in [4.78, 5) is 13.0. The largest absolute Gasteiger partial charge is 0.455 e. The minimum absolute atomic E-state index is 0.130. The Morgan fingerprint density at radius 3 is 2.38 bits per heavy atom. The summed E-state index contributed by atoms with van der Waals surface area (Å²) in [6.07, 6.45) is 1.68. The van der Waals surface area contributed by atoms with Crippen molar-refractivity contribution >= 4 is 56.8 Å². The minimum Gasteiger partial charge on any atom is -0.455 e. The first-order chi connectivity index (χ1) is 22.0. The Balaban J connectivity index is 1.43. The average molecular weight is 748 g/mol. The molecule has 3 aromatic carbocycles. The SMILES string of the molecule is CNC(=O)c1c(-c2ccc(F)cc2)oc2cc(NS(=O)(=O)CCCC(O[Si](C)(C)C(C)(C)C)c3c(F)cccc3Br)c(C3CC3)cc12. The Morgan fingerprint density at radius 1 is 1.11 bits per heavy atom. The van der Waals surface area contributed by atoms with Crippen molar-refractivity contribution < 1.29 is 30.8 Å². The highest BCUT2D eigenvalue weighted by atomic mass is 79.9. The zero-order valence-electron chi connectivity index (χ0n) is 27.5. The monoisotopic (exact) mass is 746 g/mol. The number of rotatable bonds is 12. The molecular formula is C35H41BrF2N2O5SSi. The lowest BCUT2D eigenvalue weighted by molar-refractivity contribution is 0.0964. The summed E-state index contributed by atoms with van der Waals surface area (Å²) in [5.74, 6) is -0.984. The first-order valence-electron chi connectivity index (χ1n) is 15.7. The fraction of sp³-hybridized carbons (Fsp3) is 0.400. The fourth-order valence-corrected chi connectivity index (χ4v) is 8.48. The van der Waals surface area contributed by atoms with Crippen LogP contribution in [0.4, 0.5) is 14.5 Å². The standard InChI is InChI=1S/C35H41BrF2N2O5SSi/c1-35(2,3)47(5,6)45-29(32-26(36)9-7-10-27(32)38)11-8-18-46(42,43)40-28-20-30-25(19-24(28)21-12-13-21)31(34(41)39-4)33(44-30)22-14-16-23(37)17-15-22/h7,9-10,14-17,19-21,29,40H,8,11-13,18H2,1-6H3,(H,39,41). The van der Waals surface area contributed by atoms with E-state index >= 15 is 4.39 Å². The van der Waals surface area contributed by atoms with Crippen molar-refractivity contribution in [2.24, 2.45) is 0 Å². The molecular weight excluding hydrogens is 706 g/mol. The van der Waals surface area contributed by atoms with E-state index in [2.05, 4.69) is 59.8 Å². The number of amides is 1. The van der Waals surface area contributed by atoms with Gasteiger partial charge in [-0.2, -0.15) is 0 Å². The Hall–Kier alpha value is -3.06. The second kappa shape index (κ2) is 13.4. The second-order valence-corrected chi connectivity index (χ2v) is 21.1. The molecule has 1 heterocycles. The molecule has 0 spiro atoms. The quantitative estimate of drug-likeness (QED) is 0.141. The van der Waals surface area contributed by atoms with Crippen molar-refractivity contribution in [1.82, 2.24) is 5.32 Å². The van der Waals surface area contributed by atoms with Gasteiger partial charge in [0, 0.05) is 34.1 Å². The van der Waals surface area contributed by atoms with E-state index in [1.54, 1.807) is 18.2 Å². The van der Waals surface area contributed by atoms with Crippen molar-refractivity contribution in [3.8, 4) is 11.3 Å². The number of benzene rings is 3. The highest BCUT2D eigenvalue weighted by molar-refractivity contribution is 9.10. The molecule has 1 aliphatic rings. The number of carbonyl (C=O) groups excluding carboxylic acids is 1. The van der Waals surface area contributed by atoms with Crippen LogP contribution in [0.25, 0.3) is 22.3 Å². The normalized spacial score (nSPS) is 14.7. The van der Waals surface area contributed by atoms with Crippen molar-refractivity contribution in [2.45, 2.75) is 76.6 Å². The Bertz CT molecular complexity index is 1880. The maximum Gasteiger partial charge on any atom is 0.255 e. The van der Waals surface area contributed by atoms with Gasteiger partial charge in [-0.3, -0.25) is 9.52 Å². The first kappa shape index (κ1) is 35.2. The Morgan fingerprint density at radius 2 is 1.79 bits per heavy atom. The maximum atomic E-state index is 15.1. The summed E-state index contributed by atoms with van der Waals surface area (Å²) in [7, 11) is -4.67. The molecule has 1 aromatic heterocycles. The van der Waals surface area contributed by atoms with Crippen molar-refractivity contribution in [3.63, 3.8) is 0 Å². The van der Waals surface area contributed by atoms with E-state index in [1.807, 2.05) is 6.07 Å². The molecule has 5 rings (SSSR count). The molecule has 0 aliphatic heterocycles. The van der Waals surface area contributed by atoms with E-state index < -0.39 is 36.1 Å². The molecule has 1 atom stereocenters. The average Bonchev–Trinajstić information content (AvgIpc) is 3.76. The molecule has 1 amide bonds. The third-order valence-corrected chi connectivity index (χ3v) is 15.7. The number of nitrogens with one attached hydrogen (secondary N) is 2. The van der Waals surface area contributed by atoms with Gasteiger partial charge >= 0.3 is 0 Å². The van der Waals surface area contributed by atoms with Crippen LogP contribution in [0.3, 0.4) is 0 Å². The number of hydrogen-bond donors (Lipinski definition) is 2. The molecule has 0 radical (unpaired) electrons. The zero-order valence-corrected chi connectivity index (χ0v) is 30.9. The van der Waals surface area contributed by atoms with E-state index in [4.69, 9.17) is 8.84 Å². The summed E-state index contributed by atoms with van der Waals surface area (Å²) in [6, 6.07) is 13.9. The summed E-state index contributed by atoms with van der Waals surface area (Å²) in [5, 5.41) is 3.07.